The molecule has 1 aliphatic rings. The van der Waals surface area contributed by atoms with Gasteiger partial charge in [0.05, 0.1) is 28.1 Å². The van der Waals surface area contributed by atoms with E-state index in [1.807, 2.05) is 25.4 Å². The molecule has 4 heterocycles. The second-order valence-corrected chi connectivity index (χ2v) is 18.9. The second kappa shape index (κ2) is 15.3. The molecule has 0 spiro atoms. The molecule has 1 aliphatic heterocycles. The average Bonchev–Trinajstić information content (AvgIpc) is 3.83. The highest BCUT2D eigenvalue weighted by molar-refractivity contribution is 6.09. The van der Waals surface area contributed by atoms with E-state index in [0.717, 1.165) is 61.9 Å². The monoisotopic (exact) mass is 823 g/mol. The lowest BCUT2D eigenvalue weighted by Crippen LogP contribution is -2.25. The third-order valence-corrected chi connectivity index (χ3v) is 12.5. The van der Waals surface area contributed by atoms with Crippen molar-refractivity contribution >= 4 is 44.6 Å². The maximum Gasteiger partial charge on any atom is 0.137 e. The number of hydrogen-bond acceptors (Lipinski definition) is 5. The Kier molecular flexibility index (Phi) is 9.71. The lowest BCUT2D eigenvalue weighted by atomic mass is 9.82. The van der Waals surface area contributed by atoms with Crippen LogP contribution in [0, 0.1) is 13.8 Å². The first kappa shape index (κ1) is 39.9. The molecule has 6 nitrogen and oxygen atoms in total. The van der Waals surface area contributed by atoms with Gasteiger partial charge in [0.15, 0.2) is 0 Å². The molecule has 0 unspecified atom stereocenters. The molecule has 0 radical (unpaired) electrons. The van der Waals surface area contributed by atoms with Crippen LogP contribution in [0.1, 0.15) is 63.9 Å². The summed E-state index contributed by atoms with van der Waals surface area (Å²) in [5, 5.41) is 2.32. The summed E-state index contributed by atoms with van der Waals surface area (Å²) in [7, 11) is 0. The van der Waals surface area contributed by atoms with E-state index in [9.17, 15) is 0 Å². The van der Waals surface area contributed by atoms with Crippen molar-refractivity contribution in [3.8, 4) is 39.6 Å². The summed E-state index contributed by atoms with van der Waals surface area (Å²) >= 11 is 0. The fraction of sp³-hybridized carbons (Fsp3) is 0.193. The largest absolute Gasteiger partial charge is 0.457 e. The SMILES string of the molecule is Cc1cc(-c2cnc(-n3c4ccccc4c4ccc(Oc5cccc(N6CN(c7cc(C(C)(C)C)ccc7-c7ccccc7)c7ccccc76)c5)cc43)cc2C(C)(C)C)c(C)cn1. The van der Waals surface area contributed by atoms with Crippen LogP contribution in [0.4, 0.5) is 22.7 Å². The summed E-state index contributed by atoms with van der Waals surface area (Å²) < 4.78 is 9.09. The zero-order valence-corrected chi connectivity index (χ0v) is 37.4. The highest BCUT2D eigenvalue weighted by atomic mass is 16.5. The summed E-state index contributed by atoms with van der Waals surface area (Å²) in [6.07, 6.45) is 4.01. The predicted molar refractivity (Wildman–Crippen MR) is 263 cm³/mol. The van der Waals surface area contributed by atoms with Gasteiger partial charge in [-0.15, -0.1) is 0 Å². The van der Waals surface area contributed by atoms with Crippen molar-refractivity contribution in [2.75, 3.05) is 16.5 Å². The Morgan fingerprint density at radius 3 is 2.00 bits per heavy atom. The molecule has 312 valence electrons. The first-order chi connectivity index (χ1) is 30.3. The number of rotatable bonds is 7. The van der Waals surface area contributed by atoms with Gasteiger partial charge in [0.1, 0.15) is 24.0 Å². The number of aryl methyl sites for hydroxylation is 2. The summed E-state index contributed by atoms with van der Waals surface area (Å²) in [5.74, 6) is 2.40. The summed E-state index contributed by atoms with van der Waals surface area (Å²) in [4.78, 5) is 14.6. The minimum absolute atomic E-state index is 0.00137. The number of fused-ring (bicyclic) bond motifs is 4. The highest BCUT2D eigenvalue weighted by Crippen LogP contribution is 2.48. The number of para-hydroxylation sites is 3. The molecule has 0 fully saturated rings. The van der Waals surface area contributed by atoms with Crippen molar-refractivity contribution in [3.05, 3.63) is 186 Å². The Hall–Kier alpha value is -7.18. The molecule has 6 aromatic carbocycles. The number of ether oxygens (including phenoxy) is 1. The Morgan fingerprint density at radius 1 is 0.508 bits per heavy atom. The molecule has 3 aromatic heterocycles. The number of hydrogen-bond donors (Lipinski definition) is 0. The maximum atomic E-state index is 6.80. The van der Waals surface area contributed by atoms with E-state index in [2.05, 4.69) is 213 Å². The smallest absolute Gasteiger partial charge is 0.137 e. The predicted octanol–water partition coefficient (Wildman–Crippen LogP) is 15.2. The van der Waals surface area contributed by atoms with E-state index in [-0.39, 0.29) is 10.8 Å². The summed E-state index contributed by atoms with van der Waals surface area (Å²) in [5.41, 5.74) is 16.0. The van der Waals surface area contributed by atoms with Gasteiger partial charge in [-0.05, 0) is 113 Å². The van der Waals surface area contributed by atoms with Gasteiger partial charge in [-0.3, -0.25) is 9.55 Å². The van der Waals surface area contributed by atoms with Crippen molar-refractivity contribution in [2.45, 2.75) is 66.2 Å². The van der Waals surface area contributed by atoms with Gasteiger partial charge in [-0.2, -0.15) is 0 Å². The molecule has 6 heteroatoms. The maximum absolute atomic E-state index is 6.80. The zero-order chi connectivity index (χ0) is 43.6. The van der Waals surface area contributed by atoms with Crippen LogP contribution in [0.2, 0.25) is 0 Å². The second-order valence-electron chi connectivity index (χ2n) is 18.9. The Balaban J connectivity index is 1.02. The van der Waals surface area contributed by atoms with Crippen LogP contribution in [-0.2, 0) is 10.8 Å². The molecule has 0 aliphatic carbocycles. The Bertz CT molecular complexity index is 3190. The van der Waals surface area contributed by atoms with Gasteiger partial charge < -0.3 is 14.5 Å². The van der Waals surface area contributed by atoms with Crippen LogP contribution in [0.25, 0.3) is 49.9 Å². The van der Waals surface area contributed by atoms with Crippen molar-refractivity contribution in [1.29, 1.82) is 0 Å². The third kappa shape index (κ3) is 7.29. The fourth-order valence-corrected chi connectivity index (χ4v) is 9.16. The molecule has 0 saturated carbocycles. The van der Waals surface area contributed by atoms with E-state index >= 15 is 0 Å². The molecule has 0 amide bonds. The molecule has 0 bridgehead atoms. The number of aromatic nitrogens is 3. The number of benzene rings is 6. The lowest BCUT2D eigenvalue weighted by Gasteiger charge is -2.27. The van der Waals surface area contributed by atoms with Gasteiger partial charge in [0.25, 0.3) is 0 Å². The molecular weight excluding hydrogens is 771 g/mol. The summed E-state index contributed by atoms with van der Waals surface area (Å²) in [6.45, 7) is 18.5. The van der Waals surface area contributed by atoms with E-state index in [4.69, 9.17) is 9.72 Å². The Labute approximate surface area is 371 Å². The van der Waals surface area contributed by atoms with Gasteiger partial charge in [-0.1, -0.05) is 120 Å². The zero-order valence-electron chi connectivity index (χ0n) is 37.4. The first-order valence-electron chi connectivity index (χ1n) is 21.9. The first-order valence-corrected chi connectivity index (χ1v) is 21.9. The van der Waals surface area contributed by atoms with Gasteiger partial charge in [0, 0.05) is 57.8 Å². The van der Waals surface area contributed by atoms with E-state index in [1.165, 1.54) is 44.6 Å². The number of nitrogens with zero attached hydrogens (tertiary/aromatic N) is 5. The van der Waals surface area contributed by atoms with E-state index in [1.54, 1.807) is 0 Å². The molecule has 10 rings (SSSR count). The minimum atomic E-state index is -0.137. The van der Waals surface area contributed by atoms with Crippen molar-refractivity contribution in [2.24, 2.45) is 0 Å². The fourth-order valence-electron chi connectivity index (χ4n) is 9.16. The standard InChI is InChI=1S/C57H53N5O/c1-37-34-58-38(2)29-47(37)48-35-59-55(33-49(48)57(6,7)8)62-50-22-13-12-21-45(50)46-28-26-43(32-54(46)62)63-42-20-16-19-41(31-42)60-36-61(52-24-15-14-23-51(52)60)53-30-40(56(3,4)5)25-27-44(53)39-17-10-9-11-18-39/h9-35H,36H2,1-8H3. The number of pyridine rings is 2. The molecule has 0 N–H and O–H groups in total. The van der Waals surface area contributed by atoms with Crippen LogP contribution in [-0.4, -0.2) is 21.2 Å². The highest BCUT2D eigenvalue weighted by Gasteiger charge is 2.31. The lowest BCUT2D eigenvalue weighted by molar-refractivity contribution is 0.483. The normalized spacial score (nSPS) is 13.0. The van der Waals surface area contributed by atoms with Crippen LogP contribution < -0.4 is 14.5 Å². The van der Waals surface area contributed by atoms with Crippen molar-refractivity contribution < 1.29 is 4.74 Å². The van der Waals surface area contributed by atoms with E-state index < -0.39 is 0 Å². The molecule has 0 saturated heterocycles. The van der Waals surface area contributed by atoms with Crippen LogP contribution in [0.15, 0.2) is 164 Å². The van der Waals surface area contributed by atoms with Gasteiger partial charge in [0.2, 0.25) is 0 Å². The van der Waals surface area contributed by atoms with Crippen LogP contribution in [0.5, 0.6) is 11.5 Å². The van der Waals surface area contributed by atoms with Crippen molar-refractivity contribution in [3.63, 3.8) is 0 Å². The Morgan fingerprint density at radius 2 is 1.22 bits per heavy atom. The molecular formula is C57H53N5O. The molecule has 0 atom stereocenters. The van der Waals surface area contributed by atoms with Gasteiger partial charge in [-0.25, -0.2) is 4.98 Å². The quantitative estimate of drug-likeness (QED) is 0.160. The average molecular weight is 824 g/mol. The third-order valence-electron chi connectivity index (χ3n) is 12.5. The van der Waals surface area contributed by atoms with E-state index in [0.29, 0.717) is 6.67 Å². The minimum Gasteiger partial charge on any atom is -0.457 e. The van der Waals surface area contributed by atoms with Crippen LogP contribution in [0.3, 0.4) is 0 Å². The van der Waals surface area contributed by atoms with Crippen molar-refractivity contribution in [1.82, 2.24) is 14.5 Å². The summed E-state index contributed by atoms with van der Waals surface area (Å²) in [6, 6.07) is 54.3. The topological polar surface area (TPSA) is 46.4 Å². The van der Waals surface area contributed by atoms with Crippen LogP contribution >= 0.6 is 0 Å². The number of anilines is 4. The molecule has 9 aromatic rings. The molecule has 63 heavy (non-hydrogen) atoms. The van der Waals surface area contributed by atoms with Gasteiger partial charge >= 0.3 is 0 Å².